The number of carbonyl (C=O) groups excluding carboxylic acids is 1. The van der Waals surface area contributed by atoms with Crippen LogP contribution in [-0.4, -0.2) is 33.4 Å². The van der Waals surface area contributed by atoms with Gasteiger partial charge in [-0.15, -0.1) is 0 Å². The molecule has 2 aromatic heterocycles. The standard InChI is InChI=1S/C15H18BrN5O/c1-15(2)5-10(4-12(17)22)21(7-15)14-13-11(19-8-20-14)3-9(16)6-18-13/h3,6,8,10H,4-5,7H2,1-2H3,(H2,17,22). The molecule has 1 saturated heterocycles. The summed E-state index contributed by atoms with van der Waals surface area (Å²) in [5.41, 5.74) is 7.04. The van der Waals surface area contributed by atoms with Gasteiger partial charge < -0.3 is 10.6 Å². The van der Waals surface area contributed by atoms with Gasteiger partial charge in [0.15, 0.2) is 5.82 Å². The lowest BCUT2D eigenvalue weighted by atomic mass is 9.90. The number of nitrogens with two attached hydrogens (primary N) is 1. The first-order valence-corrected chi connectivity index (χ1v) is 7.96. The molecule has 22 heavy (non-hydrogen) atoms. The molecule has 3 heterocycles. The smallest absolute Gasteiger partial charge is 0.219 e. The van der Waals surface area contributed by atoms with Crippen molar-refractivity contribution >= 4 is 38.7 Å². The summed E-state index contributed by atoms with van der Waals surface area (Å²) < 4.78 is 0.875. The summed E-state index contributed by atoms with van der Waals surface area (Å²) in [4.78, 5) is 26.7. The third-order valence-corrected chi connectivity index (χ3v) is 4.39. The number of hydrogen-bond donors (Lipinski definition) is 1. The van der Waals surface area contributed by atoms with Crippen LogP contribution in [0.25, 0.3) is 11.0 Å². The van der Waals surface area contributed by atoms with Gasteiger partial charge in [-0.25, -0.2) is 15.0 Å². The zero-order chi connectivity index (χ0) is 15.9. The highest BCUT2D eigenvalue weighted by molar-refractivity contribution is 9.10. The number of fused-ring (bicyclic) bond motifs is 1. The maximum atomic E-state index is 11.4. The van der Waals surface area contributed by atoms with Crippen LogP contribution >= 0.6 is 15.9 Å². The van der Waals surface area contributed by atoms with Gasteiger partial charge in [-0.1, -0.05) is 13.8 Å². The van der Waals surface area contributed by atoms with E-state index in [1.54, 1.807) is 12.5 Å². The summed E-state index contributed by atoms with van der Waals surface area (Å²) in [5.74, 6) is 0.482. The van der Waals surface area contributed by atoms with E-state index in [0.29, 0.717) is 6.42 Å². The number of hydrogen-bond acceptors (Lipinski definition) is 5. The van der Waals surface area contributed by atoms with Crippen molar-refractivity contribution < 1.29 is 4.79 Å². The van der Waals surface area contributed by atoms with E-state index in [1.165, 1.54) is 0 Å². The highest BCUT2D eigenvalue weighted by Crippen LogP contribution is 2.39. The Hall–Kier alpha value is -1.76. The molecule has 2 aromatic rings. The van der Waals surface area contributed by atoms with E-state index >= 15 is 0 Å². The Bertz CT molecular complexity index is 733. The molecule has 7 heteroatoms. The van der Waals surface area contributed by atoms with Gasteiger partial charge in [0, 0.05) is 29.7 Å². The normalized spacial score (nSPS) is 20.5. The molecule has 0 aromatic carbocycles. The first kappa shape index (κ1) is 15.1. The topological polar surface area (TPSA) is 85.0 Å². The van der Waals surface area contributed by atoms with Crippen molar-refractivity contribution in [3.8, 4) is 0 Å². The number of amides is 1. The van der Waals surface area contributed by atoms with Crippen LogP contribution in [0.5, 0.6) is 0 Å². The summed E-state index contributed by atoms with van der Waals surface area (Å²) >= 11 is 3.41. The van der Waals surface area contributed by atoms with Gasteiger partial charge in [-0.3, -0.25) is 4.79 Å². The molecule has 0 radical (unpaired) electrons. The van der Waals surface area contributed by atoms with Gasteiger partial charge >= 0.3 is 0 Å². The average Bonchev–Trinajstić information content (AvgIpc) is 2.71. The molecular formula is C15H18BrN5O. The second kappa shape index (κ2) is 5.46. The Labute approximate surface area is 137 Å². The molecule has 0 aliphatic carbocycles. The molecule has 1 unspecified atom stereocenters. The fourth-order valence-electron chi connectivity index (χ4n) is 3.18. The number of pyridine rings is 1. The van der Waals surface area contributed by atoms with Crippen molar-refractivity contribution in [1.29, 1.82) is 0 Å². The summed E-state index contributed by atoms with van der Waals surface area (Å²) in [7, 11) is 0. The summed E-state index contributed by atoms with van der Waals surface area (Å²) in [6.07, 6.45) is 4.50. The zero-order valence-corrected chi connectivity index (χ0v) is 14.2. The van der Waals surface area contributed by atoms with Crippen LogP contribution in [0.1, 0.15) is 26.7 Å². The molecule has 116 valence electrons. The van der Waals surface area contributed by atoms with Crippen LogP contribution in [0.4, 0.5) is 5.82 Å². The molecule has 2 N–H and O–H groups in total. The van der Waals surface area contributed by atoms with Crippen molar-refractivity contribution in [3.05, 3.63) is 23.1 Å². The van der Waals surface area contributed by atoms with Gasteiger partial charge in [0.2, 0.25) is 5.91 Å². The largest absolute Gasteiger partial charge is 0.370 e. The Morgan fingerprint density at radius 2 is 2.23 bits per heavy atom. The number of nitrogens with zero attached hydrogens (tertiary/aromatic N) is 4. The van der Waals surface area contributed by atoms with Crippen LogP contribution in [0.15, 0.2) is 23.1 Å². The maximum Gasteiger partial charge on any atom is 0.219 e. The van der Waals surface area contributed by atoms with Crippen LogP contribution < -0.4 is 10.6 Å². The maximum absolute atomic E-state index is 11.4. The highest BCUT2D eigenvalue weighted by Gasteiger charge is 2.39. The molecule has 1 fully saturated rings. The Morgan fingerprint density at radius 3 is 2.95 bits per heavy atom. The minimum absolute atomic E-state index is 0.0519. The lowest BCUT2D eigenvalue weighted by Crippen LogP contribution is -2.34. The molecule has 1 amide bonds. The molecule has 6 nitrogen and oxygen atoms in total. The fourth-order valence-corrected chi connectivity index (χ4v) is 3.50. The van der Waals surface area contributed by atoms with Gasteiger partial charge in [0.1, 0.15) is 11.8 Å². The van der Waals surface area contributed by atoms with E-state index in [4.69, 9.17) is 5.73 Å². The molecule has 1 aliphatic heterocycles. The van der Waals surface area contributed by atoms with Crippen LogP contribution in [-0.2, 0) is 4.79 Å². The van der Waals surface area contributed by atoms with Crippen LogP contribution in [0, 0.1) is 5.41 Å². The van der Waals surface area contributed by atoms with Crippen LogP contribution in [0.3, 0.4) is 0 Å². The predicted octanol–water partition coefficient (Wildman–Crippen LogP) is 2.27. The molecule has 0 spiro atoms. The van der Waals surface area contributed by atoms with E-state index in [-0.39, 0.29) is 17.4 Å². The van der Waals surface area contributed by atoms with Crippen LogP contribution in [0.2, 0.25) is 0 Å². The molecule has 1 aliphatic rings. The number of aromatic nitrogens is 3. The second-order valence-corrected chi connectivity index (χ2v) is 7.45. The SMILES string of the molecule is CC1(C)CC(CC(N)=O)N(c2ncnc3cc(Br)cnc23)C1. The number of carbonyl (C=O) groups is 1. The molecule has 3 rings (SSSR count). The minimum atomic E-state index is -0.290. The van der Waals surface area contributed by atoms with E-state index in [1.807, 2.05) is 6.07 Å². The summed E-state index contributed by atoms with van der Waals surface area (Å²) in [5, 5.41) is 0. The van der Waals surface area contributed by atoms with Crippen molar-refractivity contribution in [3.63, 3.8) is 0 Å². The van der Waals surface area contributed by atoms with Gasteiger partial charge in [-0.05, 0) is 33.8 Å². The second-order valence-electron chi connectivity index (χ2n) is 6.54. The first-order chi connectivity index (χ1) is 10.4. The van der Waals surface area contributed by atoms with Gasteiger partial charge in [0.25, 0.3) is 0 Å². The molecule has 0 bridgehead atoms. The van der Waals surface area contributed by atoms with Gasteiger partial charge in [0.05, 0.1) is 5.52 Å². The lowest BCUT2D eigenvalue weighted by molar-refractivity contribution is -0.118. The Kier molecular flexibility index (Phi) is 3.76. The lowest BCUT2D eigenvalue weighted by Gasteiger charge is -2.25. The summed E-state index contributed by atoms with van der Waals surface area (Å²) in [6.45, 7) is 5.19. The quantitative estimate of drug-likeness (QED) is 0.903. The van der Waals surface area contributed by atoms with Gasteiger partial charge in [-0.2, -0.15) is 0 Å². The zero-order valence-electron chi connectivity index (χ0n) is 12.6. The Balaban J connectivity index is 2.06. The third kappa shape index (κ3) is 2.90. The third-order valence-electron chi connectivity index (χ3n) is 3.96. The van der Waals surface area contributed by atoms with E-state index in [2.05, 4.69) is 49.6 Å². The van der Waals surface area contributed by atoms with Crippen molar-refractivity contribution in [2.75, 3.05) is 11.4 Å². The molecule has 0 saturated carbocycles. The first-order valence-electron chi connectivity index (χ1n) is 7.17. The number of primary amides is 1. The van der Waals surface area contributed by atoms with Crippen molar-refractivity contribution in [2.45, 2.75) is 32.7 Å². The van der Waals surface area contributed by atoms with E-state index in [9.17, 15) is 4.79 Å². The van der Waals surface area contributed by atoms with E-state index in [0.717, 1.165) is 34.3 Å². The summed E-state index contributed by atoms with van der Waals surface area (Å²) in [6, 6.07) is 1.97. The monoisotopic (exact) mass is 363 g/mol. The number of anilines is 1. The Morgan fingerprint density at radius 1 is 1.45 bits per heavy atom. The predicted molar refractivity (Wildman–Crippen MR) is 88.4 cm³/mol. The van der Waals surface area contributed by atoms with Crippen molar-refractivity contribution in [2.24, 2.45) is 11.1 Å². The number of rotatable bonds is 3. The van der Waals surface area contributed by atoms with Crippen molar-refractivity contribution in [1.82, 2.24) is 15.0 Å². The van der Waals surface area contributed by atoms with E-state index < -0.39 is 0 Å². The minimum Gasteiger partial charge on any atom is -0.370 e. The highest BCUT2D eigenvalue weighted by atomic mass is 79.9. The molecular weight excluding hydrogens is 346 g/mol. The number of halogens is 1. The molecule has 1 atom stereocenters. The average molecular weight is 364 g/mol. The fraction of sp³-hybridized carbons (Fsp3) is 0.467.